The lowest BCUT2D eigenvalue weighted by atomic mass is 9.78. The molecule has 4 aromatic rings. The molecule has 0 spiro atoms. The van der Waals surface area contributed by atoms with Crippen molar-refractivity contribution >= 4 is 23.5 Å². The number of benzene rings is 4. The van der Waals surface area contributed by atoms with Gasteiger partial charge < -0.3 is 35.0 Å². The lowest BCUT2D eigenvalue weighted by Crippen LogP contribution is -2.57. The molecule has 12 heteroatoms. The Hall–Kier alpha value is -5.17. The molecule has 2 heterocycles. The number of hydrogen-bond donors (Lipinski definition) is 4. The van der Waals surface area contributed by atoms with Crippen LogP contribution in [0.15, 0.2) is 97.1 Å². The van der Waals surface area contributed by atoms with Crippen molar-refractivity contribution in [2.75, 3.05) is 24.7 Å². The molecule has 53 heavy (non-hydrogen) atoms. The third kappa shape index (κ3) is 8.73. The predicted molar refractivity (Wildman–Crippen MR) is 191 cm³/mol. The largest absolute Gasteiger partial charge is 0.508 e. The van der Waals surface area contributed by atoms with Crippen LogP contribution in [0.4, 0.5) is 14.5 Å². The number of aliphatic carboxylic acids is 1. The fourth-order valence-electron chi connectivity index (χ4n) is 6.93. The van der Waals surface area contributed by atoms with E-state index in [9.17, 15) is 38.5 Å². The molecule has 2 saturated heterocycles. The zero-order valence-electron chi connectivity index (χ0n) is 29.2. The summed E-state index contributed by atoms with van der Waals surface area (Å²) < 4.78 is 38.6. The number of nitrogens with zero attached hydrogens (tertiary/aromatic N) is 1. The van der Waals surface area contributed by atoms with Crippen LogP contribution in [0.1, 0.15) is 60.6 Å². The Morgan fingerprint density at radius 1 is 0.943 bits per heavy atom. The first kappa shape index (κ1) is 37.6. The van der Waals surface area contributed by atoms with Gasteiger partial charge in [0.15, 0.2) is 0 Å². The number of phenolic OH excluding ortho intramolecular Hbond substituents is 1. The molecule has 6 rings (SSSR count). The zero-order chi connectivity index (χ0) is 37.8. The number of aromatic hydroxyl groups is 1. The summed E-state index contributed by atoms with van der Waals surface area (Å²) in [6.45, 7) is 1.63. The molecule has 0 aromatic heterocycles. The number of anilines is 1. The number of ether oxygens (including phenoxy) is 2. The van der Waals surface area contributed by atoms with Gasteiger partial charge in [0.05, 0.1) is 31.3 Å². The van der Waals surface area contributed by atoms with Gasteiger partial charge in [-0.25, -0.2) is 13.6 Å². The topological polar surface area (TPSA) is 146 Å². The van der Waals surface area contributed by atoms with Crippen molar-refractivity contribution in [2.24, 2.45) is 5.92 Å². The minimum Gasteiger partial charge on any atom is -0.508 e. The minimum absolute atomic E-state index is 0.00791. The highest BCUT2D eigenvalue weighted by atomic mass is 19.1. The van der Waals surface area contributed by atoms with E-state index in [1.165, 1.54) is 55.5 Å². The number of phenols is 1. The van der Waals surface area contributed by atoms with Crippen LogP contribution >= 0.6 is 0 Å². The highest BCUT2D eigenvalue weighted by molar-refractivity contribution is 6.03. The Balaban J connectivity index is 1.07. The van der Waals surface area contributed by atoms with Crippen molar-refractivity contribution in [1.82, 2.24) is 5.32 Å². The molecule has 0 saturated carbocycles. The van der Waals surface area contributed by atoms with Crippen molar-refractivity contribution in [2.45, 2.75) is 62.3 Å². The number of hydrogen-bond acceptors (Lipinski definition) is 7. The molecule has 0 radical (unpaired) electrons. The number of carbonyl (C=O) groups is 3. The Labute approximate surface area is 306 Å². The van der Waals surface area contributed by atoms with Gasteiger partial charge in [-0.1, -0.05) is 48.5 Å². The minimum atomic E-state index is -1.60. The van der Waals surface area contributed by atoms with Crippen LogP contribution in [-0.4, -0.2) is 64.1 Å². The number of nitrogens with one attached hydrogen (secondary N) is 1. The Morgan fingerprint density at radius 3 is 2.13 bits per heavy atom. The maximum Gasteiger partial charge on any atom is 0.329 e. The van der Waals surface area contributed by atoms with E-state index in [1.807, 2.05) is 24.3 Å². The average Bonchev–Trinajstić information content (AvgIpc) is 3.12. The van der Waals surface area contributed by atoms with Crippen molar-refractivity contribution in [3.05, 3.63) is 131 Å². The van der Waals surface area contributed by atoms with E-state index in [2.05, 4.69) is 5.32 Å². The summed E-state index contributed by atoms with van der Waals surface area (Å²) >= 11 is 0. The maximum absolute atomic E-state index is 13.7. The van der Waals surface area contributed by atoms with Crippen molar-refractivity contribution in [3.63, 3.8) is 0 Å². The van der Waals surface area contributed by atoms with Gasteiger partial charge in [0, 0.05) is 12.1 Å². The smallest absolute Gasteiger partial charge is 0.329 e. The quantitative estimate of drug-likeness (QED) is 0.106. The molecule has 3 unspecified atom stereocenters. The Bertz CT molecular complexity index is 1900. The normalized spacial score (nSPS) is 19.4. The molecule has 4 aromatic carbocycles. The lowest BCUT2D eigenvalue weighted by molar-refractivity contribution is -0.212. The van der Waals surface area contributed by atoms with E-state index in [4.69, 9.17) is 9.47 Å². The van der Waals surface area contributed by atoms with Crippen LogP contribution in [0.25, 0.3) is 0 Å². The lowest BCUT2D eigenvalue weighted by Gasteiger charge is -2.48. The molecule has 4 atom stereocenters. The number of halogens is 2. The number of aliphatic hydroxyl groups is 1. The monoisotopic (exact) mass is 728 g/mol. The van der Waals surface area contributed by atoms with E-state index in [1.54, 1.807) is 29.2 Å². The Kier molecular flexibility index (Phi) is 11.2. The summed E-state index contributed by atoms with van der Waals surface area (Å²) in [4.78, 5) is 40.1. The van der Waals surface area contributed by atoms with Gasteiger partial charge >= 0.3 is 5.97 Å². The molecule has 10 nitrogen and oxygen atoms in total. The van der Waals surface area contributed by atoms with Crippen molar-refractivity contribution < 1.29 is 48.0 Å². The maximum atomic E-state index is 13.7. The predicted octanol–water partition coefficient (Wildman–Crippen LogP) is 5.81. The summed E-state index contributed by atoms with van der Waals surface area (Å²) in [7, 11) is 0. The van der Waals surface area contributed by atoms with Gasteiger partial charge in [-0.05, 0) is 103 Å². The molecule has 0 aliphatic carbocycles. The van der Waals surface area contributed by atoms with Crippen LogP contribution in [-0.2, 0) is 36.7 Å². The molecule has 0 bridgehead atoms. The number of β-lactam (4-membered cyclic amide) rings is 1. The molecular weight excluding hydrogens is 686 g/mol. The second-order valence-electron chi connectivity index (χ2n) is 14.1. The van der Waals surface area contributed by atoms with Gasteiger partial charge in [0.25, 0.3) is 0 Å². The van der Waals surface area contributed by atoms with E-state index < -0.39 is 46.7 Å². The second kappa shape index (κ2) is 15.8. The number of aryl methyl sites for hydroxylation is 1. The van der Waals surface area contributed by atoms with Crippen LogP contribution in [0.5, 0.6) is 5.75 Å². The summed E-state index contributed by atoms with van der Waals surface area (Å²) in [6, 6.07) is 25.0. The van der Waals surface area contributed by atoms with Crippen LogP contribution in [0.3, 0.4) is 0 Å². The van der Waals surface area contributed by atoms with E-state index in [0.717, 1.165) is 11.1 Å². The summed E-state index contributed by atoms with van der Waals surface area (Å²) in [5, 5.41) is 32.8. The summed E-state index contributed by atoms with van der Waals surface area (Å²) in [5.74, 6) is -3.10. The summed E-state index contributed by atoms with van der Waals surface area (Å²) in [6.07, 6.45) is 0.957. The van der Waals surface area contributed by atoms with Gasteiger partial charge in [-0.2, -0.15) is 0 Å². The number of amides is 2. The van der Waals surface area contributed by atoms with Crippen LogP contribution in [0.2, 0.25) is 0 Å². The molecule has 2 fully saturated rings. The summed E-state index contributed by atoms with van der Waals surface area (Å²) in [5.41, 5.74) is 1.32. The highest BCUT2D eigenvalue weighted by Gasteiger charge is 2.48. The first-order chi connectivity index (χ1) is 25.3. The van der Waals surface area contributed by atoms with Gasteiger partial charge in [-0.3, -0.25) is 9.59 Å². The fraction of sp³-hybridized carbons (Fsp3) is 0.341. The zero-order valence-corrected chi connectivity index (χ0v) is 29.2. The number of carboxylic acids is 1. The van der Waals surface area contributed by atoms with Crippen molar-refractivity contribution in [1.29, 1.82) is 0 Å². The van der Waals surface area contributed by atoms with Crippen LogP contribution < -0.4 is 10.2 Å². The molecule has 2 amide bonds. The number of aliphatic hydroxyl groups excluding tert-OH is 1. The molecular formula is C41H42F2N2O8. The number of carboxylic acid groups (broad SMARTS) is 1. The van der Waals surface area contributed by atoms with Crippen molar-refractivity contribution in [3.8, 4) is 5.75 Å². The average molecular weight is 729 g/mol. The molecule has 4 N–H and O–H groups in total. The van der Waals surface area contributed by atoms with Crippen LogP contribution in [0, 0.1) is 17.6 Å². The third-order valence-corrected chi connectivity index (χ3v) is 10.1. The first-order valence-electron chi connectivity index (χ1n) is 17.5. The van der Waals surface area contributed by atoms with E-state index >= 15 is 0 Å². The Morgan fingerprint density at radius 2 is 1.55 bits per heavy atom. The number of carbonyl (C=O) groups excluding carboxylic acids is 2. The van der Waals surface area contributed by atoms with Gasteiger partial charge in [0.2, 0.25) is 11.8 Å². The molecule has 278 valence electrons. The first-order valence-corrected chi connectivity index (χ1v) is 17.5. The molecule has 2 aliphatic heterocycles. The SMILES string of the molecule is CC(Cc1ccc(O)cc1)(NC(=O)COC1(CCc2ccc(C3[C@@H](CCC(O)c4ccc(F)cc4)C(=O)N3c3ccc(F)cc3)cc2)COC1)C(=O)O. The molecule has 2 aliphatic rings. The fourth-order valence-corrected chi connectivity index (χ4v) is 6.93. The van der Waals surface area contributed by atoms with Gasteiger partial charge in [0.1, 0.15) is 35.1 Å². The van der Waals surface area contributed by atoms with Gasteiger partial charge in [-0.15, -0.1) is 0 Å². The second-order valence-corrected chi connectivity index (χ2v) is 14.1. The standard InChI is InChI=1S/C41H42F2N2O8/c1-40(39(50)51,22-27-4-16-33(46)17-5-27)44-36(48)23-53-41(24-52-25-41)21-20-26-2-6-29(7-3-26)37-34(18-19-35(47)28-8-10-30(42)11-9-28)38(49)45(37)32-14-12-31(43)13-15-32/h2-17,34-35,37,46-47H,18-25H2,1H3,(H,44,48)(H,50,51)/t34-,35?,37?,40?/m1/s1. The number of rotatable bonds is 16. The highest BCUT2D eigenvalue weighted by Crippen LogP contribution is 2.46. The third-order valence-electron chi connectivity index (χ3n) is 10.1. The van der Waals surface area contributed by atoms with E-state index in [-0.39, 0.29) is 43.9 Å². The van der Waals surface area contributed by atoms with E-state index in [0.29, 0.717) is 42.5 Å².